The molecule has 0 bridgehead atoms. The minimum Gasteiger partial charge on any atom is -0.493 e. The number of hydrogen-bond acceptors (Lipinski definition) is 5. The van der Waals surface area contributed by atoms with E-state index in [1.807, 2.05) is 24.4 Å². The number of aryl methyl sites for hydroxylation is 1. The lowest BCUT2D eigenvalue weighted by Gasteiger charge is -2.31. The molecule has 0 radical (unpaired) electrons. The number of fused-ring (bicyclic) bond motifs is 1. The maximum absolute atomic E-state index is 12.8. The van der Waals surface area contributed by atoms with E-state index in [2.05, 4.69) is 33.6 Å². The van der Waals surface area contributed by atoms with Crippen molar-refractivity contribution in [3.05, 3.63) is 71.8 Å². The minimum absolute atomic E-state index is 0.339. The second-order valence-corrected chi connectivity index (χ2v) is 9.43. The van der Waals surface area contributed by atoms with Gasteiger partial charge < -0.3 is 14.0 Å². The molecule has 0 amide bonds. The highest BCUT2D eigenvalue weighted by Crippen LogP contribution is 2.36. The number of nitrogens with zero attached hydrogens (tertiary/aromatic N) is 4. The van der Waals surface area contributed by atoms with Gasteiger partial charge in [-0.25, -0.2) is 0 Å². The number of piperidine rings is 1. The van der Waals surface area contributed by atoms with Gasteiger partial charge in [-0.05, 0) is 67.9 Å². The number of alkyl halides is 3. The fraction of sp³-hybridized carbons (Fsp3) is 0.357. The average Bonchev–Trinajstić information content (AvgIpc) is 3.24. The van der Waals surface area contributed by atoms with Crippen LogP contribution >= 0.6 is 0 Å². The minimum atomic E-state index is -4.41. The van der Waals surface area contributed by atoms with Crippen molar-refractivity contribution in [2.75, 3.05) is 27.3 Å². The van der Waals surface area contributed by atoms with E-state index in [0.717, 1.165) is 65.4 Å². The molecule has 37 heavy (non-hydrogen) atoms. The van der Waals surface area contributed by atoms with Gasteiger partial charge in [0.15, 0.2) is 11.5 Å². The third-order valence-electron chi connectivity index (χ3n) is 7.15. The number of pyridine rings is 2. The van der Waals surface area contributed by atoms with E-state index >= 15 is 0 Å². The summed E-state index contributed by atoms with van der Waals surface area (Å²) in [5.41, 5.74) is 4.22. The monoisotopic (exact) mass is 510 g/mol. The first kappa shape index (κ1) is 25.1. The van der Waals surface area contributed by atoms with Crippen LogP contribution in [-0.4, -0.2) is 46.7 Å². The summed E-state index contributed by atoms with van der Waals surface area (Å²) in [7, 11) is 5.31. The summed E-state index contributed by atoms with van der Waals surface area (Å²) in [5.74, 6) is 1.71. The summed E-state index contributed by atoms with van der Waals surface area (Å²) < 4.78 is 51.3. The number of ether oxygens (including phenoxy) is 2. The van der Waals surface area contributed by atoms with Crippen LogP contribution in [0.2, 0.25) is 0 Å². The maximum atomic E-state index is 12.8. The molecule has 194 valence electrons. The van der Waals surface area contributed by atoms with Crippen molar-refractivity contribution >= 4 is 10.9 Å². The van der Waals surface area contributed by atoms with E-state index < -0.39 is 11.9 Å². The Balaban J connectivity index is 1.28. The Bertz CT molecular complexity index is 1390. The number of aromatic nitrogens is 3. The van der Waals surface area contributed by atoms with E-state index in [-0.39, 0.29) is 0 Å². The van der Waals surface area contributed by atoms with Gasteiger partial charge in [-0.15, -0.1) is 0 Å². The Kier molecular flexibility index (Phi) is 6.81. The van der Waals surface area contributed by atoms with Crippen molar-refractivity contribution in [1.82, 2.24) is 19.4 Å². The highest BCUT2D eigenvalue weighted by molar-refractivity contribution is 5.87. The molecule has 5 rings (SSSR count). The molecule has 6 nitrogen and oxygen atoms in total. The summed E-state index contributed by atoms with van der Waals surface area (Å²) >= 11 is 0. The van der Waals surface area contributed by atoms with Crippen LogP contribution in [0, 0.1) is 0 Å². The van der Waals surface area contributed by atoms with Crippen molar-refractivity contribution in [1.29, 1.82) is 0 Å². The van der Waals surface area contributed by atoms with Crippen LogP contribution in [0.5, 0.6) is 11.5 Å². The Morgan fingerprint density at radius 1 is 0.919 bits per heavy atom. The molecule has 0 saturated carbocycles. The summed E-state index contributed by atoms with van der Waals surface area (Å²) in [6.07, 6.45) is 0.746. The van der Waals surface area contributed by atoms with Gasteiger partial charge in [-0.1, -0.05) is 6.07 Å². The third kappa shape index (κ3) is 5.13. The molecule has 0 atom stereocenters. The van der Waals surface area contributed by atoms with Gasteiger partial charge in [0.25, 0.3) is 0 Å². The third-order valence-corrected chi connectivity index (χ3v) is 7.15. The smallest absolute Gasteiger partial charge is 0.433 e. The first-order valence-electron chi connectivity index (χ1n) is 12.2. The van der Waals surface area contributed by atoms with Crippen LogP contribution in [0.1, 0.15) is 35.7 Å². The van der Waals surface area contributed by atoms with Crippen molar-refractivity contribution in [3.63, 3.8) is 0 Å². The number of rotatable bonds is 6. The number of benzene rings is 1. The zero-order chi connectivity index (χ0) is 26.2. The summed E-state index contributed by atoms with van der Waals surface area (Å²) in [6.45, 7) is 2.31. The molecule has 1 aliphatic rings. The van der Waals surface area contributed by atoms with Gasteiger partial charge in [0.1, 0.15) is 5.69 Å². The zero-order valence-electron chi connectivity index (χ0n) is 21.0. The van der Waals surface area contributed by atoms with Gasteiger partial charge in [-0.3, -0.25) is 14.9 Å². The van der Waals surface area contributed by atoms with E-state index in [1.165, 1.54) is 12.3 Å². The normalized spacial score (nSPS) is 15.3. The fourth-order valence-corrected chi connectivity index (χ4v) is 5.07. The molecule has 1 aliphatic heterocycles. The topological polar surface area (TPSA) is 52.4 Å². The number of methoxy groups -OCH3 is 2. The summed E-state index contributed by atoms with van der Waals surface area (Å²) in [6, 6.07) is 12.8. The molecule has 0 spiro atoms. The van der Waals surface area contributed by atoms with Gasteiger partial charge in [0.2, 0.25) is 0 Å². The summed E-state index contributed by atoms with van der Waals surface area (Å²) in [5, 5.41) is 1.07. The molecule has 9 heteroatoms. The van der Waals surface area contributed by atoms with Crippen LogP contribution in [0.25, 0.3) is 22.2 Å². The van der Waals surface area contributed by atoms with Gasteiger partial charge in [0, 0.05) is 54.2 Å². The largest absolute Gasteiger partial charge is 0.493 e. The second kappa shape index (κ2) is 10.0. The Hall–Kier alpha value is -3.59. The molecular weight excluding hydrogens is 481 g/mol. The molecule has 4 heterocycles. The van der Waals surface area contributed by atoms with E-state index in [4.69, 9.17) is 14.5 Å². The average molecular weight is 511 g/mol. The molecule has 3 aromatic heterocycles. The van der Waals surface area contributed by atoms with Crippen LogP contribution in [0.4, 0.5) is 13.2 Å². The van der Waals surface area contributed by atoms with Gasteiger partial charge in [-0.2, -0.15) is 13.2 Å². The van der Waals surface area contributed by atoms with E-state index in [1.54, 1.807) is 14.2 Å². The predicted octanol–water partition coefficient (Wildman–Crippen LogP) is 6.05. The number of likely N-dealkylation sites (tertiary alicyclic amines) is 1. The van der Waals surface area contributed by atoms with E-state index in [9.17, 15) is 13.2 Å². The van der Waals surface area contributed by atoms with Crippen molar-refractivity contribution < 1.29 is 22.6 Å². The van der Waals surface area contributed by atoms with Crippen LogP contribution in [-0.2, 0) is 19.8 Å². The molecule has 4 aromatic rings. The van der Waals surface area contributed by atoms with Crippen molar-refractivity contribution in [3.8, 4) is 22.8 Å². The van der Waals surface area contributed by atoms with Gasteiger partial charge in [0.05, 0.1) is 19.7 Å². The lowest BCUT2D eigenvalue weighted by Crippen LogP contribution is -2.32. The fourth-order valence-electron chi connectivity index (χ4n) is 5.07. The van der Waals surface area contributed by atoms with E-state index in [0.29, 0.717) is 24.0 Å². The quantitative estimate of drug-likeness (QED) is 0.316. The molecule has 1 saturated heterocycles. The maximum Gasteiger partial charge on any atom is 0.433 e. The highest BCUT2D eigenvalue weighted by atomic mass is 19.4. The number of halogens is 3. The van der Waals surface area contributed by atoms with Crippen LogP contribution in [0.15, 0.2) is 54.9 Å². The molecule has 0 unspecified atom stereocenters. The lowest BCUT2D eigenvalue weighted by atomic mass is 9.92. The zero-order valence-corrected chi connectivity index (χ0v) is 21.0. The second-order valence-electron chi connectivity index (χ2n) is 9.43. The summed E-state index contributed by atoms with van der Waals surface area (Å²) in [4.78, 5) is 10.6. The SMILES string of the molecule is COc1ccc(-c2cc3cnc(C4CCN(Cc5ccc(C(F)(F)F)nc5)CC4)cc3n2C)cc1OC. The molecule has 0 aliphatic carbocycles. The molecular formula is C28H29F3N4O2. The first-order chi connectivity index (χ1) is 17.8. The molecule has 0 N–H and O–H groups in total. The Morgan fingerprint density at radius 2 is 1.68 bits per heavy atom. The van der Waals surface area contributed by atoms with Crippen LogP contribution < -0.4 is 9.47 Å². The van der Waals surface area contributed by atoms with Crippen molar-refractivity contribution in [2.45, 2.75) is 31.5 Å². The highest BCUT2D eigenvalue weighted by Gasteiger charge is 2.32. The first-order valence-corrected chi connectivity index (χ1v) is 12.2. The number of hydrogen-bond donors (Lipinski definition) is 0. The van der Waals surface area contributed by atoms with Crippen LogP contribution in [0.3, 0.4) is 0 Å². The molecule has 1 aromatic carbocycles. The van der Waals surface area contributed by atoms with Crippen molar-refractivity contribution in [2.24, 2.45) is 7.05 Å². The van der Waals surface area contributed by atoms with Gasteiger partial charge >= 0.3 is 6.18 Å². The predicted molar refractivity (Wildman–Crippen MR) is 136 cm³/mol. The molecule has 1 fully saturated rings. The standard InChI is InChI=1S/C28H29F3N4O2/c1-34-23(20-5-6-25(36-2)26(13-20)37-3)12-21-16-32-22(14-24(21)34)19-8-10-35(11-9-19)17-18-4-7-27(33-15-18)28(29,30)31/h4-7,12-16,19H,8-11,17H2,1-3H3. The lowest BCUT2D eigenvalue weighted by molar-refractivity contribution is -0.141. The Morgan fingerprint density at radius 3 is 2.32 bits per heavy atom. The Labute approximate surface area is 213 Å².